The maximum absolute atomic E-state index is 12.0. The summed E-state index contributed by atoms with van der Waals surface area (Å²) in [6, 6.07) is -0.876. The number of hydrogen-bond acceptors (Lipinski definition) is 3. The quantitative estimate of drug-likeness (QED) is 0.824. The Bertz CT molecular complexity index is 294. The summed E-state index contributed by atoms with van der Waals surface area (Å²) in [5.74, 6) is -0.624. The zero-order valence-electron chi connectivity index (χ0n) is 12.2. The molecule has 0 radical (unpaired) electrons. The first-order chi connectivity index (χ1) is 8.04. The van der Waals surface area contributed by atoms with Crippen molar-refractivity contribution >= 4 is 12.1 Å². The van der Waals surface area contributed by atoms with Crippen LogP contribution in [0.25, 0.3) is 0 Å². The average Bonchev–Trinajstić information content (AvgIpc) is 2.13. The van der Waals surface area contributed by atoms with E-state index in [4.69, 9.17) is 9.84 Å². The smallest absolute Gasteiger partial charge is 0.411 e. The lowest BCUT2D eigenvalue weighted by atomic mass is 10.1. The standard InChI is InChI=1S/C13H25NO4/c1-9(2)7-8-14(10(3)11(15)16)12(17)18-13(4,5)6/h9-10H,7-8H2,1-6H3,(H,15,16). The van der Waals surface area contributed by atoms with Crippen molar-refractivity contribution in [3.8, 4) is 0 Å². The van der Waals surface area contributed by atoms with E-state index in [9.17, 15) is 9.59 Å². The summed E-state index contributed by atoms with van der Waals surface area (Å²) in [5, 5.41) is 9.02. The number of nitrogens with zero attached hydrogens (tertiary/aromatic N) is 1. The summed E-state index contributed by atoms with van der Waals surface area (Å²) < 4.78 is 5.23. The molecule has 0 aromatic heterocycles. The van der Waals surface area contributed by atoms with Gasteiger partial charge in [-0.15, -0.1) is 0 Å². The fourth-order valence-corrected chi connectivity index (χ4v) is 1.29. The van der Waals surface area contributed by atoms with E-state index >= 15 is 0 Å². The highest BCUT2D eigenvalue weighted by Crippen LogP contribution is 2.14. The van der Waals surface area contributed by atoms with Crippen LogP contribution < -0.4 is 0 Å². The first-order valence-corrected chi connectivity index (χ1v) is 6.27. The number of hydrogen-bond donors (Lipinski definition) is 1. The van der Waals surface area contributed by atoms with E-state index < -0.39 is 23.7 Å². The molecule has 0 aliphatic carbocycles. The van der Waals surface area contributed by atoms with Crippen LogP contribution in [0.5, 0.6) is 0 Å². The lowest BCUT2D eigenvalue weighted by Gasteiger charge is -2.30. The van der Waals surface area contributed by atoms with Crippen LogP contribution in [0.3, 0.4) is 0 Å². The van der Waals surface area contributed by atoms with Crippen molar-refractivity contribution in [3.63, 3.8) is 0 Å². The van der Waals surface area contributed by atoms with Crippen LogP contribution in [0.4, 0.5) is 4.79 Å². The van der Waals surface area contributed by atoms with Crippen molar-refractivity contribution in [1.29, 1.82) is 0 Å². The van der Waals surface area contributed by atoms with Crippen molar-refractivity contribution in [2.75, 3.05) is 6.54 Å². The Hall–Kier alpha value is -1.26. The summed E-state index contributed by atoms with van der Waals surface area (Å²) in [5.41, 5.74) is -0.620. The Balaban J connectivity index is 4.74. The zero-order valence-corrected chi connectivity index (χ0v) is 12.2. The van der Waals surface area contributed by atoms with Gasteiger partial charge in [0.05, 0.1) is 0 Å². The largest absolute Gasteiger partial charge is 0.480 e. The third-order valence-corrected chi connectivity index (χ3v) is 2.40. The van der Waals surface area contributed by atoms with Crippen LogP contribution >= 0.6 is 0 Å². The molecule has 0 heterocycles. The van der Waals surface area contributed by atoms with E-state index in [1.165, 1.54) is 11.8 Å². The molecule has 106 valence electrons. The van der Waals surface area contributed by atoms with E-state index in [1.807, 2.05) is 13.8 Å². The van der Waals surface area contributed by atoms with Gasteiger partial charge in [0.25, 0.3) is 0 Å². The van der Waals surface area contributed by atoms with Crippen molar-refractivity contribution in [1.82, 2.24) is 4.90 Å². The number of carboxylic acid groups (broad SMARTS) is 1. The second-order valence-corrected chi connectivity index (χ2v) is 5.87. The Kier molecular flexibility index (Phi) is 6.15. The van der Waals surface area contributed by atoms with Crippen LogP contribution in [0.15, 0.2) is 0 Å². The number of amides is 1. The highest BCUT2D eigenvalue weighted by molar-refractivity contribution is 5.79. The van der Waals surface area contributed by atoms with Crippen molar-refractivity contribution in [2.24, 2.45) is 5.92 Å². The molecule has 1 atom stereocenters. The topological polar surface area (TPSA) is 66.8 Å². The number of ether oxygens (including phenoxy) is 1. The monoisotopic (exact) mass is 259 g/mol. The molecule has 18 heavy (non-hydrogen) atoms. The van der Waals surface area contributed by atoms with Gasteiger partial charge in [-0.2, -0.15) is 0 Å². The van der Waals surface area contributed by atoms with Gasteiger partial charge in [0.2, 0.25) is 0 Å². The molecule has 0 aromatic rings. The maximum Gasteiger partial charge on any atom is 0.411 e. The molecule has 0 rings (SSSR count). The summed E-state index contributed by atoms with van der Waals surface area (Å²) in [6.07, 6.45) is 0.176. The molecule has 0 aromatic carbocycles. The second kappa shape index (κ2) is 6.61. The van der Waals surface area contributed by atoms with Crippen LogP contribution in [0, 0.1) is 5.92 Å². The van der Waals surface area contributed by atoms with Crippen LogP contribution in [0.2, 0.25) is 0 Å². The fourth-order valence-electron chi connectivity index (χ4n) is 1.29. The van der Waals surface area contributed by atoms with Crippen molar-refractivity contribution < 1.29 is 19.4 Å². The average molecular weight is 259 g/mol. The van der Waals surface area contributed by atoms with Crippen LogP contribution in [0.1, 0.15) is 48.0 Å². The van der Waals surface area contributed by atoms with Crippen molar-refractivity contribution in [3.05, 3.63) is 0 Å². The van der Waals surface area contributed by atoms with Gasteiger partial charge in [-0.25, -0.2) is 9.59 Å². The normalized spacial score (nSPS) is 13.3. The molecular weight excluding hydrogens is 234 g/mol. The minimum atomic E-state index is -1.02. The molecule has 1 unspecified atom stereocenters. The molecule has 0 aliphatic heterocycles. The molecule has 0 spiro atoms. The number of rotatable bonds is 5. The van der Waals surface area contributed by atoms with Gasteiger partial charge in [-0.1, -0.05) is 13.8 Å². The number of carboxylic acids is 1. The number of carbonyl (C=O) groups is 2. The molecule has 5 heteroatoms. The van der Waals surface area contributed by atoms with Gasteiger partial charge in [-0.05, 0) is 40.0 Å². The lowest BCUT2D eigenvalue weighted by molar-refractivity contribution is -0.142. The lowest BCUT2D eigenvalue weighted by Crippen LogP contribution is -2.46. The summed E-state index contributed by atoms with van der Waals surface area (Å²) in [6.45, 7) is 11.2. The predicted octanol–water partition coefficient (Wildman–Crippen LogP) is 2.74. The van der Waals surface area contributed by atoms with Crippen molar-refractivity contribution in [2.45, 2.75) is 59.6 Å². The molecule has 5 nitrogen and oxygen atoms in total. The SMILES string of the molecule is CC(C)CCN(C(=O)OC(C)(C)C)C(C)C(=O)O. The Morgan fingerprint density at radius 1 is 1.22 bits per heavy atom. The molecule has 1 N–H and O–H groups in total. The van der Waals surface area contributed by atoms with E-state index in [2.05, 4.69) is 0 Å². The predicted molar refractivity (Wildman–Crippen MR) is 69.5 cm³/mol. The molecule has 0 aliphatic rings. The Labute approximate surface area is 109 Å². The second-order valence-electron chi connectivity index (χ2n) is 5.87. The van der Waals surface area contributed by atoms with Gasteiger partial charge in [0.1, 0.15) is 11.6 Å². The maximum atomic E-state index is 12.0. The van der Waals surface area contributed by atoms with Crippen LogP contribution in [-0.4, -0.2) is 40.3 Å². The van der Waals surface area contributed by atoms with E-state index in [1.54, 1.807) is 20.8 Å². The first-order valence-electron chi connectivity index (χ1n) is 6.27. The van der Waals surface area contributed by atoms with Gasteiger partial charge in [0.15, 0.2) is 0 Å². The fraction of sp³-hybridized carbons (Fsp3) is 0.846. The zero-order chi connectivity index (χ0) is 14.5. The van der Waals surface area contributed by atoms with Gasteiger partial charge >= 0.3 is 12.1 Å². The summed E-state index contributed by atoms with van der Waals surface area (Å²) in [4.78, 5) is 24.2. The van der Waals surface area contributed by atoms with E-state index in [0.717, 1.165) is 6.42 Å². The Morgan fingerprint density at radius 2 is 1.72 bits per heavy atom. The van der Waals surface area contributed by atoms with E-state index in [0.29, 0.717) is 12.5 Å². The Morgan fingerprint density at radius 3 is 2.06 bits per heavy atom. The minimum Gasteiger partial charge on any atom is -0.480 e. The molecule has 0 bridgehead atoms. The highest BCUT2D eigenvalue weighted by atomic mass is 16.6. The third kappa shape index (κ3) is 6.47. The summed E-state index contributed by atoms with van der Waals surface area (Å²) in [7, 11) is 0. The van der Waals surface area contributed by atoms with Gasteiger partial charge in [-0.3, -0.25) is 4.90 Å². The molecular formula is C13H25NO4. The molecule has 0 saturated heterocycles. The molecule has 0 fully saturated rings. The third-order valence-electron chi connectivity index (χ3n) is 2.40. The van der Waals surface area contributed by atoms with Gasteiger partial charge in [0, 0.05) is 6.54 Å². The first kappa shape index (κ1) is 16.7. The number of carbonyl (C=O) groups excluding carboxylic acids is 1. The molecule has 0 saturated carbocycles. The van der Waals surface area contributed by atoms with Crippen LogP contribution in [-0.2, 0) is 9.53 Å². The van der Waals surface area contributed by atoms with E-state index in [-0.39, 0.29) is 0 Å². The highest BCUT2D eigenvalue weighted by Gasteiger charge is 2.29. The molecule has 1 amide bonds. The van der Waals surface area contributed by atoms with Gasteiger partial charge < -0.3 is 9.84 Å². The summed E-state index contributed by atoms with van der Waals surface area (Å²) >= 11 is 0. The minimum absolute atomic E-state index is 0.389. The number of aliphatic carboxylic acids is 1.